The molecule has 1 heterocycles. The zero-order chi connectivity index (χ0) is 12.8. The molecule has 19 heavy (non-hydrogen) atoms. The molecule has 0 spiro atoms. The maximum Gasteiger partial charge on any atom is 0.171 e. The summed E-state index contributed by atoms with van der Waals surface area (Å²) in [6, 6.07) is 6.84. The first-order chi connectivity index (χ1) is 9.35. The monoisotopic (exact) mass is 256 g/mol. The van der Waals surface area contributed by atoms with Crippen LogP contribution in [-0.4, -0.2) is 18.3 Å². The molecule has 1 fully saturated rings. The van der Waals surface area contributed by atoms with E-state index in [1.54, 1.807) is 7.11 Å². The van der Waals surface area contributed by atoms with Gasteiger partial charge in [0.25, 0.3) is 0 Å². The lowest BCUT2D eigenvalue weighted by molar-refractivity contribution is 0.411. The molecule has 1 aromatic carbocycles. The molecule has 1 aromatic heterocycles. The van der Waals surface area contributed by atoms with Crippen LogP contribution < -0.4 is 10.1 Å². The number of ether oxygens (including phenoxy) is 1. The van der Waals surface area contributed by atoms with Crippen LogP contribution in [-0.2, 0) is 13.0 Å². The number of nitrogens with zero attached hydrogens (tertiary/aromatic N) is 1. The number of hydrogen-bond donors (Lipinski definition) is 1. The van der Waals surface area contributed by atoms with E-state index in [4.69, 9.17) is 9.26 Å². The van der Waals surface area contributed by atoms with Gasteiger partial charge in [-0.25, -0.2) is 0 Å². The Balaban J connectivity index is 1.66. The van der Waals surface area contributed by atoms with Crippen molar-refractivity contribution in [3.8, 4) is 17.1 Å². The molecular formula is C15H16N2O2. The zero-order valence-corrected chi connectivity index (χ0v) is 10.9. The second-order valence-corrected chi connectivity index (χ2v) is 5.29. The largest absolute Gasteiger partial charge is 0.497 e. The van der Waals surface area contributed by atoms with Crippen LogP contribution in [0.15, 0.2) is 22.7 Å². The van der Waals surface area contributed by atoms with Gasteiger partial charge >= 0.3 is 0 Å². The van der Waals surface area contributed by atoms with Crippen LogP contribution in [0.5, 0.6) is 5.75 Å². The molecular weight excluding hydrogens is 240 g/mol. The third kappa shape index (κ3) is 1.83. The van der Waals surface area contributed by atoms with E-state index in [1.807, 2.05) is 12.1 Å². The van der Waals surface area contributed by atoms with Gasteiger partial charge in [-0.1, -0.05) is 11.2 Å². The fourth-order valence-corrected chi connectivity index (χ4v) is 2.64. The maximum atomic E-state index is 5.54. The number of hydrogen-bond acceptors (Lipinski definition) is 4. The predicted molar refractivity (Wildman–Crippen MR) is 71.2 cm³/mol. The quantitative estimate of drug-likeness (QED) is 0.779. The summed E-state index contributed by atoms with van der Waals surface area (Å²) < 4.78 is 10.8. The Morgan fingerprint density at radius 3 is 3.11 bits per heavy atom. The van der Waals surface area contributed by atoms with E-state index >= 15 is 0 Å². The summed E-state index contributed by atoms with van der Waals surface area (Å²) in [5.74, 6) is 1.78. The van der Waals surface area contributed by atoms with Crippen molar-refractivity contribution in [2.75, 3.05) is 7.11 Å². The molecule has 0 unspecified atom stereocenters. The van der Waals surface area contributed by atoms with Crippen molar-refractivity contribution < 1.29 is 9.26 Å². The smallest absolute Gasteiger partial charge is 0.171 e. The van der Waals surface area contributed by atoms with Gasteiger partial charge in [0.2, 0.25) is 0 Å². The molecule has 0 bridgehead atoms. The van der Waals surface area contributed by atoms with Crippen LogP contribution in [0.25, 0.3) is 11.3 Å². The number of methoxy groups -OCH3 is 1. The second kappa shape index (κ2) is 4.10. The maximum absolute atomic E-state index is 5.54. The van der Waals surface area contributed by atoms with Gasteiger partial charge in [-0.3, -0.25) is 0 Å². The Labute approximate surface area is 111 Å². The van der Waals surface area contributed by atoms with Gasteiger partial charge in [0.1, 0.15) is 11.4 Å². The molecule has 2 aliphatic rings. The molecule has 4 rings (SSSR count). The van der Waals surface area contributed by atoms with Gasteiger partial charge in [-0.05, 0) is 30.5 Å². The molecule has 0 amide bonds. The average Bonchev–Trinajstić information content (AvgIpc) is 3.08. The van der Waals surface area contributed by atoms with Gasteiger partial charge in [-0.15, -0.1) is 0 Å². The third-order valence-corrected chi connectivity index (χ3v) is 3.93. The van der Waals surface area contributed by atoms with Gasteiger partial charge < -0.3 is 14.6 Å². The highest BCUT2D eigenvalue weighted by Gasteiger charge is 2.28. The molecule has 0 saturated heterocycles. The summed E-state index contributed by atoms with van der Waals surface area (Å²) in [4.78, 5) is 0. The first kappa shape index (κ1) is 11.1. The summed E-state index contributed by atoms with van der Waals surface area (Å²) in [6.07, 6.45) is 3.49. The normalized spacial score (nSPS) is 16.3. The minimum Gasteiger partial charge on any atom is -0.497 e. The van der Waals surface area contributed by atoms with Crippen molar-refractivity contribution in [2.45, 2.75) is 31.8 Å². The Kier molecular flexibility index (Phi) is 2.38. The van der Waals surface area contributed by atoms with Crippen molar-refractivity contribution in [1.29, 1.82) is 0 Å². The Morgan fingerprint density at radius 1 is 1.42 bits per heavy atom. The first-order valence-corrected chi connectivity index (χ1v) is 6.73. The summed E-state index contributed by atoms with van der Waals surface area (Å²) >= 11 is 0. The average molecular weight is 256 g/mol. The highest BCUT2D eigenvalue weighted by molar-refractivity contribution is 5.74. The zero-order valence-electron chi connectivity index (χ0n) is 10.9. The molecule has 0 aliphatic heterocycles. The number of aromatic nitrogens is 1. The van der Waals surface area contributed by atoms with Crippen molar-refractivity contribution in [3.05, 3.63) is 35.0 Å². The lowest BCUT2D eigenvalue weighted by Crippen LogP contribution is -2.16. The van der Waals surface area contributed by atoms with Gasteiger partial charge in [-0.2, -0.15) is 0 Å². The van der Waals surface area contributed by atoms with E-state index in [-0.39, 0.29) is 0 Å². The topological polar surface area (TPSA) is 47.3 Å². The molecule has 0 radical (unpaired) electrons. The summed E-state index contributed by atoms with van der Waals surface area (Å²) in [5, 5.41) is 7.70. The minimum absolute atomic E-state index is 0.691. The Morgan fingerprint density at radius 2 is 2.32 bits per heavy atom. The Bertz CT molecular complexity index is 629. The van der Waals surface area contributed by atoms with Crippen molar-refractivity contribution in [3.63, 3.8) is 0 Å². The highest BCUT2D eigenvalue weighted by atomic mass is 16.5. The molecule has 4 nitrogen and oxygen atoms in total. The van der Waals surface area contributed by atoms with Gasteiger partial charge in [0, 0.05) is 30.1 Å². The van der Waals surface area contributed by atoms with Crippen molar-refractivity contribution in [1.82, 2.24) is 10.5 Å². The Hall–Kier alpha value is -1.81. The lowest BCUT2D eigenvalue weighted by atomic mass is 10.1. The third-order valence-electron chi connectivity index (χ3n) is 3.93. The molecule has 4 heteroatoms. The number of fused-ring (bicyclic) bond motifs is 3. The molecule has 0 atom stereocenters. The number of rotatable bonds is 4. The predicted octanol–water partition coefficient (Wildman–Crippen LogP) is 2.51. The van der Waals surface area contributed by atoms with E-state index in [1.165, 1.54) is 24.0 Å². The SMILES string of the molecule is COc1ccc2c(c1)-c1onc(CNC3CC3)c1C2. The molecule has 2 aliphatic carbocycles. The highest BCUT2D eigenvalue weighted by Crippen LogP contribution is 2.40. The lowest BCUT2D eigenvalue weighted by Gasteiger charge is -2.02. The van der Waals surface area contributed by atoms with Crippen LogP contribution in [0.3, 0.4) is 0 Å². The minimum atomic E-state index is 0.691. The van der Waals surface area contributed by atoms with E-state index < -0.39 is 0 Å². The van der Waals surface area contributed by atoms with Crippen LogP contribution in [0, 0.1) is 0 Å². The summed E-state index contributed by atoms with van der Waals surface area (Å²) in [5.41, 5.74) is 4.71. The molecule has 98 valence electrons. The summed E-state index contributed by atoms with van der Waals surface area (Å²) in [6.45, 7) is 0.814. The van der Waals surface area contributed by atoms with E-state index in [0.29, 0.717) is 6.04 Å². The van der Waals surface area contributed by atoms with Crippen LogP contribution in [0.1, 0.15) is 29.7 Å². The molecule has 1 N–H and O–H groups in total. The standard InChI is InChI=1S/C15H16N2O2/c1-18-11-5-2-9-6-13-14(8-16-10-3-4-10)17-19-15(13)12(9)7-11/h2,5,7,10,16H,3-4,6,8H2,1H3. The van der Waals surface area contributed by atoms with Crippen LogP contribution in [0.2, 0.25) is 0 Å². The van der Waals surface area contributed by atoms with Crippen LogP contribution in [0.4, 0.5) is 0 Å². The second-order valence-electron chi connectivity index (χ2n) is 5.29. The van der Waals surface area contributed by atoms with Crippen molar-refractivity contribution >= 4 is 0 Å². The first-order valence-electron chi connectivity index (χ1n) is 6.73. The van der Waals surface area contributed by atoms with Gasteiger partial charge in [0.05, 0.1) is 7.11 Å². The number of nitrogens with one attached hydrogen (secondary N) is 1. The van der Waals surface area contributed by atoms with Gasteiger partial charge in [0.15, 0.2) is 5.76 Å². The fourth-order valence-electron chi connectivity index (χ4n) is 2.64. The fraction of sp³-hybridized carbons (Fsp3) is 0.400. The molecule has 2 aromatic rings. The van der Waals surface area contributed by atoms with Crippen molar-refractivity contribution in [2.24, 2.45) is 0 Å². The van der Waals surface area contributed by atoms with E-state index in [0.717, 1.165) is 35.7 Å². The van der Waals surface area contributed by atoms with Crippen LogP contribution >= 0.6 is 0 Å². The van der Waals surface area contributed by atoms with E-state index in [9.17, 15) is 0 Å². The number of benzene rings is 1. The van der Waals surface area contributed by atoms with E-state index in [2.05, 4.69) is 16.5 Å². The molecule has 1 saturated carbocycles. The summed E-state index contributed by atoms with van der Waals surface area (Å²) in [7, 11) is 1.68.